The lowest BCUT2D eigenvalue weighted by atomic mass is 9.86. The van der Waals surface area contributed by atoms with Crippen LogP contribution in [0.15, 0.2) is 18.2 Å². The average Bonchev–Trinajstić information content (AvgIpc) is 2.69. The molecule has 0 spiro atoms. The third-order valence-electron chi connectivity index (χ3n) is 3.73. The number of nitrogens with two attached hydrogens (primary N) is 1. The largest absolute Gasteiger partial charge is 0.330 e. The second-order valence-corrected chi connectivity index (χ2v) is 7.33. The van der Waals surface area contributed by atoms with Gasteiger partial charge < -0.3 is 5.73 Å². The minimum atomic E-state index is -2.97. The molecule has 3 nitrogen and oxygen atoms in total. The summed E-state index contributed by atoms with van der Waals surface area (Å²) >= 11 is 0. The van der Waals surface area contributed by atoms with E-state index in [1.807, 2.05) is 0 Å². The van der Waals surface area contributed by atoms with Gasteiger partial charge in [-0.05, 0) is 42.9 Å². The van der Waals surface area contributed by atoms with Crippen molar-refractivity contribution in [1.82, 2.24) is 0 Å². The highest BCUT2D eigenvalue weighted by Gasteiger charge is 2.33. The maximum atomic E-state index is 13.6. The summed E-state index contributed by atoms with van der Waals surface area (Å²) in [4.78, 5) is 0. The molecule has 0 aliphatic carbocycles. The maximum absolute atomic E-state index is 13.6. The van der Waals surface area contributed by atoms with Crippen LogP contribution in [0.4, 0.5) is 8.78 Å². The second kappa shape index (κ2) is 5.54. The average molecular weight is 289 g/mol. The Morgan fingerprint density at radius 3 is 2.63 bits per heavy atom. The van der Waals surface area contributed by atoms with Crippen LogP contribution in [-0.2, 0) is 16.3 Å². The number of sulfone groups is 1. The lowest BCUT2D eigenvalue weighted by Gasteiger charge is -2.21. The molecule has 1 fully saturated rings. The van der Waals surface area contributed by atoms with Gasteiger partial charge in [0.1, 0.15) is 11.6 Å². The van der Waals surface area contributed by atoms with Gasteiger partial charge in [0.05, 0.1) is 11.5 Å². The highest BCUT2D eigenvalue weighted by Crippen LogP contribution is 2.28. The van der Waals surface area contributed by atoms with E-state index in [0.717, 1.165) is 6.07 Å². The van der Waals surface area contributed by atoms with Crippen molar-refractivity contribution < 1.29 is 17.2 Å². The first-order valence-electron chi connectivity index (χ1n) is 6.25. The zero-order valence-electron chi connectivity index (χ0n) is 10.5. The number of hydrogen-bond donors (Lipinski definition) is 1. The molecular weight excluding hydrogens is 272 g/mol. The molecule has 19 heavy (non-hydrogen) atoms. The molecule has 1 heterocycles. The van der Waals surface area contributed by atoms with E-state index in [-0.39, 0.29) is 23.3 Å². The summed E-state index contributed by atoms with van der Waals surface area (Å²) in [5, 5.41) is 0. The summed E-state index contributed by atoms with van der Waals surface area (Å²) in [5.74, 6) is -1.03. The van der Waals surface area contributed by atoms with Gasteiger partial charge in [0.15, 0.2) is 9.84 Å². The first-order chi connectivity index (χ1) is 8.91. The third kappa shape index (κ3) is 3.51. The summed E-state index contributed by atoms with van der Waals surface area (Å²) < 4.78 is 49.3. The van der Waals surface area contributed by atoms with Gasteiger partial charge in [0, 0.05) is 6.07 Å². The third-order valence-corrected chi connectivity index (χ3v) is 5.53. The van der Waals surface area contributed by atoms with Crippen molar-refractivity contribution >= 4 is 9.84 Å². The van der Waals surface area contributed by atoms with Gasteiger partial charge in [-0.25, -0.2) is 17.2 Å². The molecule has 0 bridgehead atoms. The first-order valence-corrected chi connectivity index (χ1v) is 8.08. The van der Waals surface area contributed by atoms with E-state index in [1.165, 1.54) is 12.1 Å². The normalized spacial score (nSPS) is 23.4. The van der Waals surface area contributed by atoms with E-state index in [9.17, 15) is 17.2 Å². The van der Waals surface area contributed by atoms with Crippen LogP contribution in [0, 0.1) is 23.5 Å². The molecule has 2 atom stereocenters. The first kappa shape index (κ1) is 14.4. The lowest BCUT2D eigenvalue weighted by Crippen LogP contribution is -2.26. The van der Waals surface area contributed by atoms with Crippen molar-refractivity contribution in [3.63, 3.8) is 0 Å². The molecular formula is C13H17F2NO2S. The van der Waals surface area contributed by atoms with E-state index < -0.39 is 21.5 Å². The molecule has 6 heteroatoms. The quantitative estimate of drug-likeness (QED) is 0.914. The standard InChI is InChI=1S/C13H17F2NO2S/c14-12-2-1-9(13(15)6-12)5-11(7-16)10-3-4-19(17,18)8-10/h1-2,6,10-11H,3-5,7-8,16H2. The number of hydrogen-bond acceptors (Lipinski definition) is 3. The van der Waals surface area contributed by atoms with Gasteiger partial charge in [0.2, 0.25) is 0 Å². The fraction of sp³-hybridized carbons (Fsp3) is 0.538. The van der Waals surface area contributed by atoms with Crippen LogP contribution >= 0.6 is 0 Å². The van der Waals surface area contributed by atoms with Crippen molar-refractivity contribution in [1.29, 1.82) is 0 Å². The van der Waals surface area contributed by atoms with Crippen LogP contribution in [0.2, 0.25) is 0 Å². The fourth-order valence-electron chi connectivity index (χ4n) is 2.61. The number of halogens is 2. The molecule has 106 valence electrons. The van der Waals surface area contributed by atoms with Crippen molar-refractivity contribution in [3.8, 4) is 0 Å². The summed E-state index contributed by atoms with van der Waals surface area (Å²) in [6.07, 6.45) is 0.926. The van der Waals surface area contributed by atoms with E-state index >= 15 is 0 Å². The maximum Gasteiger partial charge on any atom is 0.150 e. The zero-order chi connectivity index (χ0) is 14.0. The predicted molar refractivity (Wildman–Crippen MR) is 69.4 cm³/mol. The molecule has 1 aliphatic heterocycles. The van der Waals surface area contributed by atoms with Gasteiger partial charge in [-0.1, -0.05) is 6.07 Å². The van der Waals surface area contributed by atoms with Gasteiger partial charge in [0.25, 0.3) is 0 Å². The highest BCUT2D eigenvalue weighted by atomic mass is 32.2. The second-order valence-electron chi connectivity index (χ2n) is 5.10. The Hall–Kier alpha value is -1.01. The highest BCUT2D eigenvalue weighted by molar-refractivity contribution is 7.91. The molecule has 1 aliphatic rings. The van der Waals surface area contributed by atoms with E-state index in [1.54, 1.807) is 0 Å². The van der Waals surface area contributed by atoms with E-state index in [2.05, 4.69) is 0 Å². The predicted octanol–water partition coefficient (Wildman–Crippen LogP) is 1.52. The van der Waals surface area contributed by atoms with Gasteiger partial charge in [-0.3, -0.25) is 0 Å². The van der Waals surface area contributed by atoms with Crippen molar-refractivity contribution in [3.05, 3.63) is 35.4 Å². The number of benzene rings is 1. The minimum absolute atomic E-state index is 0.0283. The molecule has 2 unspecified atom stereocenters. The molecule has 2 rings (SSSR count). The lowest BCUT2D eigenvalue weighted by molar-refractivity contribution is 0.366. The SMILES string of the molecule is NCC(Cc1ccc(F)cc1F)C1CCS(=O)(=O)C1. The number of rotatable bonds is 4. The molecule has 0 saturated carbocycles. The Bertz CT molecular complexity index is 560. The topological polar surface area (TPSA) is 60.2 Å². The summed E-state index contributed by atoms with van der Waals surface area (Å²) in [7, 11) is -2.97. The fourth-order valence-corrected chi connectivity index (χ4v) is 4.53. The molecule has 1 saturated heterocycles. The van der Waals surface area contributed by atoms with E-state index in [4.69, 9.17) is 5.73 Å². The Morgan fingerprint density at radius 1 is 1.37 bits per heavy atom. The van der Waals surface area contributed by atoms with Crippen LogP contribution in [-0.4, -0.2) is 26.5 Å². The van der Waals surface area contributed by atoms with Gasteiger partial charge in [-0.2, -0.15) is 0 Å². The van der Waals surface area contributed by atoms with Crippen LogP contribution in [0.3, 0.4) is 0 Å². The monoisotopic (exact) mass is 289 g/mol. The molecule has 0 aromatic heterocycles. The zero-order valence-corrected chi connectivity index (χ0v) is 11.3. The summed E-state index contributed by atoms with van der Waals surface area (Å²) in [6.45, 7) is 0.303. The molecule has 1 aromatic rings. The minimum Gasteiger partial charge on any atom is -0.330 e. The van der Waals surface area contributed by atoms with Crippen LogP contribution in [0.25, 0.3) is 0 Å². The molecule has 2 N–H and O–H groups in total. The van der Waals surface area contributed by atoms with Crippen LogP contribution < -0.4 is 5.73 Å². The van der Waals surface area contributed by atoms with Crippen LogP contribution in [0.1, 0.15) is 12.0 Å². The Labute approximate surface area is 111 Å². The molecule has 1 aromatic carbocycles. The van der Waals surface area contributed by atoms with Crippen molar-refractivity contribution in [2.45, 2.75) is 12.8 Å². The van der Waals surface area contributed by atoms with Gasteiger partial charge in [-0.15, -0.1) is 0 Å². The van der Waals surface area contributed by atoms with Gasteiger partial charge >= 0.3 is 0 Å². The molecule has 0 amide bonds. The smallest absolute Gasteiger partial charge is 0.150 e. The Balaban J connectivity index is 2.11. The van der Waals surface area contributed by atoms with Crippen LogP contribution in [0.5, 0.6) is 0 Å². The van der Waals surface area contributed by atoms with E-state index in [0.29, 0.717) is 24.9 Å². The van der Waals surface area contributed by atoms with Crippen molar-refractivity contribution in [2.75, 3.05) is 18.1 Å². The molecule has 0 radical (unpaired) electrons. The summed E-state index contributed by atoms with van der Waals surface area (Å²) in [5.41, 5.74) is 6.07. The Kier molecular flexibility index (Phi) is 4.20. The van der Waals surface area contributed by atoms with Crippen molar-refractivity contribution in [2.24, 2.45) is 17.6 Å². The summed E-state index contributed by atoms with van der Waals surface area (Å²) in [6, 6.07) is 3.45. The Morgan fingerprint density at radius 2 is 2.11 bits per heavy atom.